The molecule has 0 amide bonds. The van der Waals surface area contributed by atoms with Crippen molar-refractivity contribution >= 4 is 0 Å². The zero-order chi connectivity index (χ0) is 9.68. The molecule has 3 unspecified atom stereocenters. The summed E-state index contributed by atoms with van der Waals surface area (Å²) in [7, 11) is 0. The Balaban J connectivity index is 1.83. The molecule has 0 radical (unpaired) electrons. The molecule has 3 N–H and O–H groups in total. The minimum atomic E-state index is 0.411. The van der Waals surface area contributed by atoms with Crippen LogP contribution in [0.4, 0.5) is 0 Å². The first kappa shape index (κ1) is 11.0. The Bertz CT molecular complexity index is 136. The average Bonchev–Trinajstić information content (AvgIpc) is 2.77. The van der Waals surface area contributed by atoms with Gasteiger partial charge in [0.25, 0.3) is 0 Å². The topological polar surface area (TPSA) is 38.0 Å². The zero-order valence-electron chi connectivity index (χ0n) is 9.05. The van der Waals surface area contributed by atoms with Crippen molar-refractivity contribution in [3.63, 3.8) is 0 Å². The van der Waals surface area contributed by atoms with E-state index in [1.54, 1.807) is 0 Å². The third-order valence-electron chi connectivity index (χ3n) is 3.03. The molecule has 0 heterocycles. The average molecular weight is 184 g/mol. The Hall–Kier alpha value is -0.0800. The fourth-order valence-corrected chi connectivity index (χ4v) is 1.77. The highest BCUT2D eigenvalue weighted by Crippen LogP contribution is 2.36. The molecule has 13 heavy (non-hydrogen) atoms. The second kappa shape index (κ2) is 5.61. The van der Waals surface area contributed by atoms with Gasteiger partial charge in [0.1, 0.15) is 0 Å². The van der Waals surface area contributed by atoms with Gasteiger partial charge in [0.15, 0.2) is 0 Å². The molecule has 0 bridgehead atoms. The van der Waals surface area contributed by atoms with Crippen LogP contribution in [0.5, 0.6) is 0 Å². The summed E-state index contributed by atoms with van der Waals surface area (Å²) >= 11 is 0. The van der Waals surface area contributed by atoms with Crippen LogP contribution in [-0.2, 0) is 0 Å². The molecular weight excluding hydrogens is 160 g/mol. The summed E-state index contributed by atoms with van der Waals surface area (Å²) in [5.41, 5.74) is 5.90. The molecule has 0 spiro atoms. The van der Waals surface area contributed by atoms with Gasteiger partial charge in [-0.2, -0.15) is 0 Å². The molecule has 1 rings (SSSR count). The number of rotatable bonds is 7. The molecular formula is C11H24N2. The fourth-order valence-electron chi connectivity index (χ4n) is 1.77. The van der Waals surface area contributed by atoms with E-state index in [-0.39, 0.29) is 0 Å². The van der Waals surface area contributed by atoms with Crippen LogP contribution >= 0.6 is 0 Å². The van der Waals surface area contributed by atoms with E-state index in [0.29, 0.717) is 6.04 Å². The van der Waals surface area contributed by atoms with E-state index in [4.69, 9.17) is 5.73 Å². The molecule has 0 aromatic carbocycles. The van der Waals surface area contributed by atoms with E-state index >= 15 is 0 Å². The summed E-state index contributed by atoms with van der Waals surface area (Å²) in [5, 5.41) is 3.49. The lowest BCUT2D eigenvalue weighted by Gasteiger charge is -2.10. The summed E-state index contributed by atoms with van der Waals surface area (Å²) in [6.07, 6.45) is 4.94. The summed E-state index contributed by atoms with van der Waals surface area (Å²) in [4.78, 5) is 0. The van der Waals surface area contributed by atoms with Crippen molar-refractivity contribution < 1.29 is 0 Å². The molecule has 3 atom stereocenters. The smallest absolute Gasteiger partial charge is 0.00508 e. The minimum Gasteiger partial charge on any atom is -0.328 e. The van der Waals surface area contributed by atoms with E-state index in [0.717, 1.165) is 24.8 Å². The summed E-state index contributed by atoms with van der Waals surface area (Å²) in [6.45, 7) is 6.83. The van der Waals surface area contributed by atoms with E-state index < -0.39 is 0 Å². The van der Waals surface area contributed by atoms with Crippen LogP contribution < -0.4 is 11.1 Å². The van der Waals surface area contributed by atoms with Gasteiger partial charge in [-0.15, -0.1) is 0 Å². The fraction of sp³-hybridized carbons (Fsp3) is 1.00. The van der Waals surface area contributed by atoms with E-state index in [1.165, 1.54) is 25.8 Å². The lowest BCUT2D eigenvalue weighted by Crippen LogP contribution is -2.27. The standard InChI is InChI=1S/C11H24N2/c1-3-4-11(12)5-6-13-8-10-7-9(10)2/h9-11,13H,3-8,12H2,1-2H3. The van der Waals surface area contributed by atoms with Crippen molar-refractivity contribution in [3.05, 3.63) is 0 Å². The predicted octanol–water partition coefficient (Wildman–Crippen LogP) is 1.75. The molecule has 0 aromatic rings. The van der Waals surface area contributed by atoms with Crippen molar-refractivity contribution in [2.24, 2.45) is 17.6 Å². The van der Waals surface area contributed by atoms with Crippen molar-refractivity contribution in [3.8, 4) is 0 Å². The molecule has 78 valence electrons. The highest BCUT2D eigenvalue weighted by atomic mass is 14.9. The molecule has 1 fully saturated rings. The van der Waals surface area contributed by atoms with Gasteiger partial charge in [0, 0.05) is 6.04 Å². The first-order chi connectivity index (χ1) is 6.24. The van der Waals surface area contributed by atoms with Crippen molar-refractivity contribution in [2.45, 2.75) is 45.6 Å². The highest BCUT2D eigenvalue weighted by Gasteiger charge is 2.31. The lowest BCUT2D eigenvalue weighted by molar-refractivity contribution is 0.515. The van der Waals surface area contributed by atoms with E-state index in [2.05, 4.69) is 19.2 Å². The monoisotopic (exact) mass is 184 g/mol. The number of hydrogen-bond donors (Lipinski definition) is 2. The Labute approximate surface area is 82.3 Å². The van der Waals surface area contributed by atoms with Crippen molar-refractivity contribution in [1.82, 2.24) is 5.32 Å². The second-order valence-electron chi connectivity index (χ2n) is 4.51. The van der Waals surface area contributed by atoms with Gasteiger partial charge in [0.05, 0.1) is 0 Å². The maximum Gasteiger partial charge on any atom is 0.00508 e. The zero-order valence-corrected chi connectivity index (χ0v) is 9.05. The molecule has 1 aliphatic carbocycles. The van der Waals surface area contributed by atoms with Gasteiger partial charge in [-0.3, -0.25) is 0 Å². The molecule has 2 nitrogen and oxygen atoms in total. The number of nitrogens with one attached hydrogen (secondary N) is 1. The van der Waals surface area contributed by atoms with Crippen LogP contribution in [0.25, 0.3) is 0 Å². The van der Waals surface area contributed by atoms with Gasteiger partial charge in [0.2, 0.25) is 0 Å². The largest absolute Gasteiger partial charge is 0.328 e. The molecule has 0 aliphatic heterocycles. The minimum absolute atomic E-state index is 0.411. The summed E-state index contributed by atoms with van der Waals surface area (Å²) < 4.78 is 0. The summed E-state index contributed by atoms with van der Waals surface area (Å²) in [6, 6.07) is 0.411. The lowest BCUT2D eigenvalue weighted by atomic mass is 10.1. The Morgan fingerprint density at radius 1 is 1.46 bits per heavy atom. The van der Waals surface area contributed by atoms with Crippen LogP contribution in [0, 0.1) is 11.8 Å². The number of hydrogen-bond acceptors (Lipinski definition) is 2. The molecule has 0 saturated heterocycles. The first-order valence-corrected chi connectivity index (χ1v) is 5.70. The van der Waals surface area contributed by atoms with Crippen molar-refractivity contribution in [2.75, 3.05) is 13.1 Å². The van der Waals surface area contributed by atoms with Crippen LogP contribution in [0.2, 0.25) is 0 Å². The van der Waals surface area contributed by atoms with Crippen molar-refractivity contribution in [1.29, 1.82) is 0 Å². The molecule has 1 aliphatic rings. The predicted molar refractivity (Wildman–Crippen MR) is 57.6 cm³/mol. The van der Waals surface area contributed by atoms with E-state index in [1.807, 2.05) is 0 Å². The van der Waals surface area contributed by atoms with Gasteiger partial charge in [-0.1, -0.05) is 20.3 Å². The van der Waals surface area contributed by atoms with Crippen LogP contribution in [0.3, 0.4) is 0 Å². The quantitative estimate of drug-likeness (QED) is 0.592. The SMILES string of the molecule is CCCC(N)CCNCC1CC1C. The third-order valence-corrected chi connectivity index (χ3v) is 3.03. The Kier molecular flexibility index (Phi) is 4.74. The van der Waals surface area contributed by atoms with Crippen LogP contribution in [0.15, 0.2) is 0 Å². The van der Waals surface area contributed by atoms with Gasteiger partial charge in [-0.25, -0.2) is 0 Å². The normalized spacial score (nSPS) is 28.8. The highest BCUT2D eigenvalue weighted by molar-refractivity contribution is 4.83. The van der Waals surface area contributed by atoms with E-state index in [9.17, 15) is 0 Å². The second-order valence-corrected chi connectivity index (χ2v) is 4.51. The molecule has 2 heteroatoms. The maximum absolute atomic E-state index is 5.90. The Morgan fingerprint density at radius 2 is 2.15 bits per heavy atom. The molecule has 1 saturated carbocycles. The summed E-state index contributed by atoms with van der Waals surface area (Å²) in [5.74, 6) is 1.93. The Morgan fingerprint density at radius 3 is 2.69 bits per heavy atom. The van der Waals surface area contributed by atoms with Gasteiger partial charge in [-0.05, 0) is 44.2 Å². The van der Waals surface area contributed by atoms with Crippen LogP contribution in [0.1, 0.15) is 39.5 Å². The van der Waals surface area contributed by atoms with Crippen LogP contribution in [-0.4, -0.2) is 19.1 Å². The third kappa shape index (κ3) is 4.63. The molecule has 0 aromatic heterocycles. The number of nitrogens with two attached hydrogens (primary N) is 1. The van der Waals surface area contributed by atoms with Gasteiger partial charge < -0.3 is 11.1 Å². The van der Waals surface area contributed by atoms with Gasteiger partial charge >= 0.3 is 0 Å². The maximum atomic E-state index is 5.90. The first-order valence-electron chi connectivity index (χ1n) is 5.70.